The van der Waals surface area contributed by atoms with Crippen molar-refractivity contribution in [2.24, 2.45) is 0 Å². The first-order chi connectivity index (χ1) is 9.19. The molecule has 0 aliphatic carbocycles. The number of aromatic carboxylic acids is 1. The first kappa shape index (κ1) is 12.9. The molecular weight excluding hydrogens is 244 g/mol. The minimum absolute atomic E-state index is 0.0600. The second-order valence-corrected chi connectivity index (χ2v) is 3.98. The minimum Gasteiger partial charge on any atom is -0.475 e. The number of nitrogens with zero attached hydrogens (tertiary/aromatic N) is 1. The van der Waals surface area contributed by atoms with Crippen LogP contribution < -0.4 is 5.32 Å². The summed E-state index contributed by atoms with van der Waals surface area (Å²) >= 11 is 0. The lowest BCUT2D eigenvalue weighted by atomic mass is 10.1. The third-order valence-electron chi connectivity index (χ3n) is 2.58. The molecule has 0 unspecified atom stereocenters. The Morgan fingerprint density at radius 1 is 1.21 bits per heavy atom. The lowest BCUT2D eigenvalue weighted by molar-refractivity contribution is 0.0660. The number of hydrogen-bond donors (Lipinski definition) is 2. The van der Waals surface area contributed by atoms with Gasteiger partial charge in [-0.3, -0.25) is 0 Å². The highest BCUT2D eigenvalue weighted by molar-refractivity contribution is 5.84. The molecule has 0 amide bonds. The van der Waals surface area contributed by atoms with Crippen LogP contribution >= 0.6 is 0 Å². The molecule has 0 saturated heterocycles. The van der Waals surface area contributed by atoms with E-state index in [0.29, 0.717) is 24.4 Å². The maximum atomic E-state index is 10.6. The molecule has 0 spiro atoms. The fourth-order valence-corrected chi connectivity index (χ4v) is 1.62. The van der Waals surface area contributed by atoms with Crippen LogP contribution in [0.25, 0.3) is 0 Å². The van der Waals surface area contributed by atoms with Gasteiger partial charge in [-0.25, -0.2) is 4.79 Å². The van der Waals surface area contributed by atoms with E-state index >= 15 is 0 Å². The van der Waals surface area contributed by atoms with Crippen molar-refractivity contribution in [3.05, 3.63) is 59.0 Å². The summed E-state index contributed by atoms with van der Waals surface area (Å²) in [7, 11) is 0. The lowest BCUT2D eigenvalue weighted by Crippen LogP contribution is -2.12. The van der Waals surface area contributed by atoms with Gasteiger partial charge in [-0.05, 0) is 29.8 Å². The van der Waals surface area contributed by atoms with Crippen LogP contribution in [0.1, 0.15) is 27.4 Å². The smallest absolute Gasteiger partial charge is 0.371 e. The van der Waals surface area contributed by atoms with Crippen LogP contribution in [-0.2, 0) is 13.1 Å². The maximum Gasteiger partial charge on any atom is 0.371 e. The van der Waals surface area contributed by atoms with Gasteiger partial charge in [-0.1, -0.05) is 12.1 Å². The largest absolute Gasteiger partial charge is 0.475 e. The topological polar surface area (TPSA) is 86.3 Å². The summed E-state index contributed by atoms with van der Waals surface area (Å²) in [6.07, 6.45) is 0. The Kier molecular flexibility index (Phi) is 3.96. The van der Waals surface area contributed by atoms with Gasteiger partial charge in [0.15, 0.2) is 0 Å². The number of furan rings is 1. The van der Waals surface area contributed by atoms with Crippen molar-refractivity contribution >= 4 is 5.97 Å². The van der Waals surface area contributed by atoms with Crippen LogP contribution in [0.5, 0.6) is 0 Å². The van der Waals surface area contributed by atoms with E-state index in [1.54, 1.807) is 18.2 Å². The van der Waals surface area contributed by atoms with E-state index in [1.165, 1.54) is 6.07 Å². The second kappa shape index (κ2) is 5.85. The molecule has 1 aromatic heterocycles. The van der Waals surface area contributed by atoms with Crippen molar-refractivity contribution in [3.63, 3.8) is 0 Å². The van der Waals surface area contributed by atoms with Gasteiger partial charge in [0.05, 0.1) is 18.2 Å². The van der Waals surface area contributed by atoms with E-state index in [4.69, 9.17) is 14.8 Å². The monoisotopic (exact) mass is 256 g/mol. The van der Waals surface area contributed by atoms with Crippen LogP contribution in [0.15, 0.2) is 40.8 Å². The molecule has 0 bridgehead atoms. The molecule has 2 rings (SSSR count). The standard InChI is InChI=1S/C14H12N2O3/c15-7-10-1-3-11(4-2-10)8-16-9-12-5-6-13(19-12)14(17)18/h1-6,16H,8-9H2,(H,17,18). The first-order valence-corrected chi connectivity index (χ1v) is 5.71. The van der Waals surface area contributed by atoms with Crippen LogP contribution in [0.4, 0.5) is 0 Å². The van der Waals surface area contributed by atoms with Crippen molar-refractivity contribution in [2.75, 3.05) is 0 Å². The van der Waals surface area contributed by atoms with Crippen molar-refractivity contribution in [1.29, 1.82) is 5.26 Å². The average Bonchev–Trinajstić information content (AvgIpc) is 2.89. The molecule has 2 N–H and O–H groups in total. The van der Waals surface area contributed by atoms with Gasteiger partial charge in [0.2, 0.25) is 5.76 Å². The maximum absolute atomic E-state index is 10.6. The zero-order chi connectivity index (χ0) is 13.7. The molecule has 19 heavy (non-hydrogen) atoms. The molecule has 0 radical (unpaired) electrons. The number of rotatable bonds is 5. The molecule has 5 heteroatoms. The molecule has 5 nitrogen and oxygen atoms in total. The van der Waals surface area contributed by atoms with E-state index < -0.39 is 5.97 Å². The van der Waals surface area contributed by atoms with Crippen molar-refractivity contribution in [2.45, 2.75) is 13.1 Å². The molecule has 1 aromatic carbocycles. The van der Waals surface area contributed by atoms with E-state index in [0.717, 1.165) is 5.56 Å². The summed E-state index contributed by atoms with van der Waals surface area (Å²) in [5.41, 5.74) is 1.67. The molecule has 96 valence electrons. The zero-order valence-electron chi connectivity index (χ0n) is 10.1. The summed E-state index contributed by atoms with van der Waals surface area (Å²) < 4.78 is 5.11. The summed E-state index contributed by atoms with van der Waals surface area (Å²) in [6, 6.07) is 12.4. The highest BCUT2D eigenvalue weighted by Gasteiger charge is 2.08. The number of nitrogens with one attached hydrogen (secondary N) is 1. The highest BCUT2D eigenvalue weighted by Crippen LogP contribution is 2.08. The summed E-state index contributed by atoms with van der Waals surface area (Å²) in [5.74, 6) is -0.556. The molecule has 1 heterocycles. The number of carbonyl (C=O) groups is 1. The number of carboxylic acid groups (broad SMARTS) is 1. The van der Waals surface area contributed by atoms with E-state index in [1.807, 2.05) is 12.1 Å². The summed E-state index contributed by atoms with van der Waals surface area (Å²) in [6.45, 7) is 1.07. The van der Waals surface area contributed by atoms with Crippen LogP contribution in [0, 0.1) is 11.3 Å². The Balaban J connectivity index is 1.85. The van der Waals surface area contributed by atoms with E-state index in [-0.39, 0.29) is 5.76 Å². The number of benzene rings is 1. The number of carboxylic acids is 1. The first-order valence-electron chi connectivity index (χ1n) is 5.71. The third kappa shape index (κ3) is 3.44. The number of hydrogen-bond acceptors (Lipinski definition) is 4. The SMILES string of the molecule is N#Cc1ccc(CNCc2ccc(C(=O)O)o2)cc1. The van der Waals surface area contributed by atoms with Gasteiger partial charge in [-0.15, -0.1) is 0 Å². The number of nitriles is 1. The van der Waals surface area contributed by atoms with Gasteiger partial charge in [0.1, 0.15) is 5.76 Å². The Morgan fingerprint density at radius 3 is 2.53 bits per heavy atom. The van der Waals surface area contributed by atoms with Crippen LogP contribution in [0.2, 0.25) is 0 Å². The summed E-state index contributed by atoms with van der Waals surface area (Å²) in [4.78, 5) is 10.6. The molecule has 0 fully saturated rings. The molecule has 2 aromatic rings. The normalized spacial score (nSPS) is 10.1. The minimum atomic E-state index is -1.07. The van der Waals surface area contributed by atoms with Crippen molar-refractivity contribution in [1.82, 2.24) is 5.32 Å². The predicted molar refractivity (Wildman–Crippen MR) is 67.4 cm³/mol. The van der Waals surface area contributed by atoms with E-state index in [9.17, 15) is 4.79 Å². The Labute approximate surface area is 110 Å². The highest BCUT2D eigenvalue weighted by atomic mass is 16.4. The van der Waals surface area contributed by atoms with Gasteiger partial charge in [0.25, 0.3) is 0 Å². The third-order valence-corrected chi connectivity index (χ3v) is 2.58. The fourth-order valence-electron chi connectivity index (χ4n) is 1.62. The van der Waals surface area contributed by atoms with Gasteiger partial charge < -0.3 is 14.8 Å². The van der Waals surface area contributed by atoms with Gasteiger partial charge >= 0.3 is 5.97 Å². The molecule has 0 saturated carbocycles. The fraction of sp³-hybridized carbons (Fsp3) is 0.143. The van der Waals surface area contributed by atoms with Crippen LogP contribution in [0.3, 0.4) is 0 Å². The van der Waals surface area contributed by atoms with Crippen molar-refractivity contribution < 1.29 is 14.3 Å². The van der Waals surface area contributed by atoms with E-state index in [2.05, 4.69) is 11.4 Å². The Hall–Kier alpha value is -2.58. The Bertz CT molecular complexity index is 608. The summed E-state index contributed by atoms with van der Waals surface area (Å²) in [5, 5.41) is 20.5. The zero-order valence-corrected chi connectivity index (χ0v) is 10.1. The average molecular weight is 256 g/mol. The molecular formula is C14H12N2O3. The molecule has 0 aliphatic heterocycles. The molecule has 0 aliphatic rings. The molecule has 0 atom stereocenters. The second-order valence-electron chi connectivity index (χ2n) is 3.98. The van der Waals surface area contributed by atoms with Crippen molar-refractivity contribution in [3.8, 4) is 6.07 Å². The quantitative estimate of drug-likeness (QED) is 0.855. The van der Waals surface area contributed by atoms with Crippen LogP contribution in [-0.4, -0.2) is 11.1 Å². The lowest BCUT2D eigenvalue weighted by Gasteiger charge is -2.03. The van der Waals surface area contributed by atoms with Gasteiger partial charge in [-0.2, -0.15) is 5.26 Å². The predicted octanol–water partition coefficient (Wildman–Crippen LogP) is 2.14. The Morgan fingerprint density at radius 2 is 1.95 bits per heavy atom. The van der Waals surface area contributed by atoms with Gasteiger partial charge in [0, 0.05) is 6.54 Å².